The molecule has 0 atom stereocenters. The highest BCUT2D eigenvalue weighted by atomic mass is 16.5. The van der Waals surface area contributed by atoms with Gasteiger partial charge in [0.2, 0.25) is 0 Å². The van der Waals surface area contributed by atoms with Crippen molar-refractivity contribution in [1.29, 1.82) is 0 Å². The molecule has 87 heavy (non-hydrogen) atoms. The summed E-state index contributed by atoms with van der Waals surface area (Å²) in [5.41, 5.74) is 18.3. The Labute approximate surface area is 522 Å². The number of aryl methyl sites for hydroxylation is 6. The Hall–Kier alpha value is -7.84. The zero-order valence-corrected chi connectivity index (χ0v) is 55.4. The molecule has 2 aliphatic rings. The van der Waals surface area contributed by atoms with Crippen LogP contribution in [0.25, 0.3) is 0 Å². The lowest BCUT2D eigenvalue weighted by Gasteiger charge is -2.39. The van der Waals surface area contributed by atoms with Crippen molar-refractivity contribution in [3.05, 3.63) is 236 Å². The maximum Gasteiger partial charge on any atom is 0.121 e. The van der Waals surface area contributed by atoms with E-state index >= 15 is 0 Å². The van der Waals surface area contributed by atoms with Crippen molar-refractivity contribution in [2.75, 3.05) is 56.9 Å². The molecule has 8 nitrogen and oxygen atoms in total. The van der Waals surface area contributed by atoms with Gasteiger partial charge in [-0.2, -0.15) is 0 Å². The van der Waals surface area contributed by atoms with Gasteiger partial charge in [-0.1, -0.05) is 150 Å². The third kappa shape index (κ3) is 15.3. The molecule has 8 heteroatoms. The zero-order valence-electron chi connectivity index (χ0n) is 55.4. The normalized spacial score (nSPS) is 14.0. The summed E-state index contributed by atoms with van der Waals surface area (Å²) < 4.78 is 42.9. The highest BCUT2D eigenvalue weighted by Crippen LogP contribution is 2.49. The molecule has 0 spiro atoms. The average molecular weight is 1180 g/mol. The zero-order chi connectivity index (χ0) is 62.9. The van der Waals surface area contributed by atoms with Crippen molar-refractivity contribution < 1.29 is 37.9 Å². The van der Waals surface area contributed by atoms with E-state index in [4.69, 9.17) is 37.9 Å². The number of hydrogen-bond acceptors (Lipinski definition) is 8. The van der Waals surface area contributed by atoms with Gasteiger partial charge >= 0.3 is 0 Å². The molecule has 0 heterocycles. The van der Waals surface area contributed by atoms with Crippen molar-refractivity contribution in [2.24, 2.45) is 0 Å². The van der Waals surface area contributed by atoms with Crippen LogP contribution in [0.5, 0.6) is 46.0 Å². The molecule has 10 rings (SSSR count). The van der Waals surface area contributed by atoms with E-state index in [0.29, 0.717) is 5.92 Å². The third-order valence-electron chi connectivity index (χ3n) is 19.0. The van der Waals surface area contributed by atoms with E-state index in [9.17, 15) is 0 Å². The van der Waals surface area contributed by atoms with Crippen LogP contribution in [0.4, 0.5) is 0 Å². The molecule has 0 bridgehead atoms. The van der Waals surface area contributed by atoms with E-state index < -0.39 is 0 Å². The van der Waals surface area contributed by atoms with Gasteiger partial charge in [0.05, 0.1) is 56.9 Å². The molecule has 462 valence electrons. The Morgan fingerprint density at radius 2 is 0.586 bits per heavy atom. The molecular weight excluding hydrogens is 1080 g/mol. The first-order valence-corrected chi connectivity index (χ1v) is 31.1. The Bertz CT molecular complexity index is 3260. The molecular formula is C79H98O8. The summed E-state index contributed by atoms with van der Waals surface area (Å²) in [6.45, 7) is 19.4. The van der Waals surface area contributed by atoms with E-state index in [2.05, 4.69) is 184 Å². The van der Waals surface area contributed by atoms with Gasteiger partial charge in [-0.15, -0.1) is 0 Å². The summed E-state index contributed by atoms with van der Waals surface area (Å²) in [5.74, 6) is 7.87. The van der Waals surface area contributed by atoms with E-state index in [-0.39, 0.29) is 16.2 Å². The van der Waals surface area contributed by atoms with Crippen LogP contribution in [0.2, 0.25) is 0 Å². The SMILES string of the molecule is CCC(C)(c1ccc(OC)cc1)c1ccc(OC)cc1.COc1ccc(C(C)c2ccc(OC)c(C)c2)cc1C.COc1ccc(C2(c3ccc(OC)c(C)c3)CCCC2)cc1C.COc1ccc(C2(c3ccc(OC)c(C)c3)CCCCC2)cc1C. The fraction of sp³-hybridized carbons (Fsp3) is 0.392. The quantitative estimate of drug-likeness (QED) is 0.0893. The van der Waals surface area contributed by atoms with Gasteiger partial charge in [0.15, 0.2) is 0 Å². The van der Waals surface area contributed by atoms with Gasteiger partial charge < -0.3 is 37.9 Å². The Morgan fingerprint density at radius 3 is 0.816 bits per heavy atom. The summed E-state index contributed by atoms with van der Waals surface area (Å²) in [6, 6.07) is 56.2. The maximum absolute atomic E-state index is 5.46. The molecule has 0 aliphatic heterocycles. The first-order chi connectivity index (χ1) is 41.9. The molecule has 8 aromatic carbocycles. The first kappa shape index (κ1) is 66.7. The lowest BCUT2D eigenvalue weighted by atomic mass is 9.65. The predicted octanol–water partition coefficient (Wildman–Crippen LogP) is 19.6. The number of methoxy groups -OCH3 is 8. The summed E-state index contributed by atoms with van der Waals surface area (Å²) in [4.78, 5) is 0. The van der Waals surface area contributed by atoms with Crippen molar-refractivity contribution in [3.63, 3.8) is 0 Å². The number of hydrogen-bond donors (Lipinski definition) is 0. The van der Waals surface area contributed by atoms with E-state index in [1.807, 2.05) is 36.4 Å². The van der Waals surface area contributed by atoms with Crippen molar-refractivity contribution in [2.45, 2.75) is 149 Å². The monoisotopic (exact) mass is 1170 g/mol. The van der Waals surface area contributed by atoms with Crippen LogP contribution in [0.1, 0.15) is 169 Å². The van der Waals surface area contributed by atoms with Gasteiger partial charge in [-0.3, -0.25) is 0 Å². The molecule has 0 amide bonds. The van der Waals surface area contributed by atoms with Gasteiger partial charge in [0, 0.05) is 22.2 Å². The second kappa shape index (κ2) is 30.7. The second-order valence-corrected chi connectivity index (χ2v) is 24.0. The van der Waals surface area contributed by atoms with Crippen LogP contribution < -0.4 is 37.9 Å². The minimum atomic E-state index is -0.00145. The van der Waals surface area contributed by atoms with Crippen molar-refractivity contribution >= 4 is 0 Å². The summed E-state index contributed by atoms with van der Waals surface area (Å²) in [7, 11) is 13.8. The third-order valence-corrected chi connectivity index (χ3v) is 19.0. The van der Waals surface area contributed by atoms with E-state index in [1.165, 1.54) is 136 Å². The molecule has 8 aromatic rings. The van der Waals surface area contributed by atoms with Crippen molar-refractivity contribution in [3.8, 4) is 46.0 Å². The lowest BCUT2D eigenvalue weighted by molar-refractivity contribution is 0.344. The topological polar surface area (TPSA) is 73.8 Å². The van der Waals surface area contributed by atoms with E-state index in [1.54, 1.807) is 56.9 Å². The fourth-order valence-corrected chi connectivity index (χ4v) is 13.4. The molecule has 2 fully saturated rings. The first-order valence-electron chi connectivity index (χ1n) is 31.1. The summed E-state index contributed by atoms with van der Waals surface area (Å²) >= 11 is 0. The molecule has 2 aliphatic carbocycles. The molecule has 0 aromatic heterocycles. The Balaban J connectivity index is 0.000000166. The number of ether oxygens (including phenoxy) is 8. The van der Waals surface area contributed by atoms with Crippen LogP contribution in [-0.4, -0.2) is 56.9 Å². The summed E-state index contributed by atoms with van der Waals surface area (Å²) in [6.07, 6.45) is 12.4. The maximum atomic E-state index is 5.46. The largest absolute Gasteiger partial charge is 0.497 e. The van der Waals surface area contributed by atoms with Gasteiger partial charge in [0.1, 0.15) is 46.0 Å². The van der Waals surface area contributed by atoms with Gasteiger partial charge in [-0.25, -0.2) is 0 Å². The Morgan fingerprint density at radius 1 is 0.333 bits per heavy atom. The lowest BCUT2D eigenvalue weighted by Crippen LogP contribution is -2.30. The fourth-order valence-electron chi connectivity index (χ4n) is 13.4. The van der Waals surface area contributed by atoms with Crippen LogP contribution in [-0.2, 0) is 16.2 Å². The van der Waals surface area contributed by atoms with Crippen LogP contribution >= 0.6 is 0 Å². The van der Waals surface area contributed by atoms with Crippen LogP contribution in [0, 0.1) is 41.5 Å². The molecule has 0 radical (unpaired) electrons. The predicted molar refractivity (Wildman–Crippen MR) is 360 cm³/mol. The van der Waals surface area contributed by atoms with Crippen LogP contribution in [0.15, 0.2) is 158 Å². The van der Waals surface area contributed by atoms with Gasteiger partial charge in [0.25, 0.3) is 0 Å². The molecule has 0 saturated heterocycles. The standard InChI is InChI=1S/C22H28O2.C21H26O2.2C18H22O2/c1-16-14-18(8-10-20(16)23-3)22(12-6-5-7-13-22)19-9-11-21(24-4)17(2)15-19;1-15-13-17(7-9-19(15)22-3)21(11-5-6-12-21)18-8-10-20(23-4)16(2)14-18;1-12-10-15(6-8-17(12)19-4)14(3)16-7-9-18(20-5)13(2)11-16;1-5-18(2,14-6-10-16(19-3)11-7-14)15-8-12-17(20-4)13-9-15/h8-11,14-15H,5-7,12-13H2,1-4H3;7-10,13-14H,5-6,11-12H2,1-4H3;6-11,14H,1-5H3;6-13H,5H2,1-4H3. The van der Waals surface area contributed by atoms with Crippen molar-refractivity contribution in [1.82, 2.24) is 0 Å². The summed E-state index contributed by atoms with van der Waals surface area (Å²) in [5, 5.41) is 0. The number of rotatable bonds is 17. The average Bonchev–Trinajstić information content (AvgIpc) is 3.87. The molecule has 2 saturated carbocycles. The minimum absolute atomic E-state index is 0.00145. The van der Waals surface area contributed by atoms with Gasteiger partial charge in [-0.05, 0) is 212 Å². The smallest absolute Gasteiger partial charge is 0.121 e. The van der Waals surface area contributed by atoms with E-state index in [0.717, 1.165) is 52.4 Å². The van der Waals surface area contributed by atoms with Crippen LogP contribution in [0.3, 0.4) is 0 Å². The second-order valence-electron chi connectivity index (χ2n) is 24.0. The highest BCUT2D eigenvalue weighted by Gasteiger charge is 2.39. The highest BCUT2D eigenvalue weighted by molar-refractivity contribution is 5.51. The molecule has 0 unspecified atom stereocenters. The Kier molecular flexibility index (Phi) is 23.5. The number of benzene rings is 8. The minimum Gasteiger partial charge on any atom is -0.497 e. The molecule has 0 N–H and O–H groups in total.